The number of nitrogens with one attached hydrogen (secondary N) is 1. The van der Waals surface area contributed by atoms with E-state index >= 15 is 0 Å². The highest BCUT2D eigenvalue weighted by Crippen LogP contribution is 2.36. The summed E-state index contributed by atoms with van der Waals surface area (Å²) in [6.07, 6.45) is 0. The fraction of sp³-hybridized carbons (Fsp3) is 0.500. The molecular weight excluding hydrogens is 322 g/mol. The standard InChI is InChI=1S/C16H22ClNO5/c1-9(2)8-23-13-11(17)6-10(7-12(13)22-5)14(19)18-16(3,4)15(20)21/h6-7,9H,8H2,1-5H3,(H,18,19)(H,20,21). The van der Waals surface area contributed by atoms with Crippen molar-refractivity contribution >= 4 is 23.5 Å². The fourth-order valence-electron chi connectivity index (χ4n) is 1.65. The van der Waals surface area contributed by atoms with Gasteiger partial charge >= 0.3 is 5.97 Å². The third-order valence-electron chi connectivity index (χ3n) is 3.01. The van der Waals surface area contributed by atoms with Gasteiger partial charge in [-0.3, -0.25) is 4.79 Å². The first kappa shape index (κ1) is 19.1. The van der Waals surface area contributed by atoms with Crippen molar-refractivity contribution in [3.63, 3.8) is 0 Å². The van der Waals surface area contributed by atoms with Gasteiger partial charge in [0.05, 0.1) is 18.7 Å². The van der Waals surface area contributed by atoms with Gasteiger partial charge in [0.15, 0.2) is 11.5 Å². The molecule has 0 unspecified atom stereocenters. The summed E-state index contributed by atoms with van der Waals surface area (Å²) in [6.45, 7) is 7.23. The summed E-state index contributed by atoms with van der Waals surface area (Å²) >= 11 is 6.17. The average Bonchev–Trinajstić information content (AvgIpc) is 2.44. The van der Waals surface area contributed by atoms with Gasteiger partial charge in [0.2, 0.25) is 0 Å². The van der Waals surface area contributed by atoms with E-state index in [1.54, 1.807) is 0 Å². The lowest BCUT2D eigenvalue weighted by molar-refractivity contribution is -0.143. The van der Waals surface area contributed by atoms with Gasteiger partial charge in [-0.1, -0.05) is 25.4 Å². The lowest BCUT2D eigenvalue weighted by Gasteiger charge is -2.21. The SMILES string of the molecule is COc1cc(C(=O)NC(C)(C)C(=O)O)cc(Cl)c1OCC(C)C. The topological polar surface area (TPSA) is 84.9 Å². The highest BCUT2D eigenvalue weighted by atomic mass is 35.5. The molecule has 0 heterocycles. The minimum Gasteiger partial charge on any atom is -0.493 e. The second-order valence-electron chi connectivity index (χ2n) is 6.08. The Morgan fingerprint density at radius 3 is 2.43 bits per heavy atom. The summed E-state index contributed by atoms with van der Waals surface area (Å²) in [4.78, 5) is 23.3. The molecule has 0 radical (unpaired) electrons. The van der Waals surface area contributed by atoms with Crippen molar-refractivity contribution in [1.82, 2.24) is 5.32 Å². The number of carbonyl (C=O) groups excluding carboxylic acids is 1. The van der Waals surface area contributed by atoms with E-state index < -0.39 is 17.4 Å². The van der Waals surface area contributed by atoms with Crippen LogP contribution in [0, 0.1) is 5.92 Å². The average molecular weight is 344 g/mol. The smallest absolute Gasteiger partial charge is 0.328 e. The number of ether oxygens (including phenoxy) is 2. The number of carboxylic acids is 1. The predicted molar refractivity (Wildman–Crippen MR) is 87.5 cm³/mol. The van der Waals surface area contributed by atoms with E-state index in [1.165, 1.54) is 33.1 Å². The fourth-order valence-corrected chi connectivity index (χ4v) is 1.92. The maximum Gasteiger partial charge on any atom is 0.328 e. The number of halogens is 1. The van der Waals surface area contributed by atoms with Gasteiger partial charge in [-0.05, 0) is 31.9 Å². The lowest BCUT2D eigenvalue weighted by atomic mass is 10.0. The molecule has 0 aromatic heterocycles. The highest BCUT2D eigenvalue weighted by Gasteiger charge is 2.30. The monoisotopic (exact) mass is 343 g/mol. The summed E-state index contributed by atoms with van der Waals surface area (Å²) in [7, 11) is 1.44. The molecule has 128 valence electrons. The Labute approximate surface area is 140 Å². The summed E-state index contributed by atoms with van der Waals surface area (Å²) in [5.74, 6) is -0.725. The molecule has 0 aliphatic carbocycles. The number of carbonyl (C=O) groups is 2. The van der Waals surface area contributed by atoms with Crippen LogP contribution in [-0.4, -0.2) is 36.2 Å². The molecule has 0 aliphatic heterocycles. The van der Waals surface area contributed by atoms with Gasteiger partial charge < -0.3 is 19.9 Å². The minimum absolute atomic E-state index is 0.193. The highest BCUT2D eigenvalue weighted by molar-refractivity contribution is 6.32. The van der Waals surface area contributed by atoms with Crippen molar-refractivity contribution in [2.24, 2.45) is 5.92 Å². The third-order valence-corrected chi connectivity index (χ3v) is 3.29. The molecule has 1 amide bonds. The van der Waals surface area contributed by atoms with Crippen molar-refractivity contribution < 1.29 is 24.2 Å². The molecule has 0 saturated heterocycles. The van der Waals surface area contributed by atoms with Gasteiger partial charge in [0, 0.05) is 5.56 Å². The number of carboxylic acid groups (broad SMARTS) is 1. The van der Waals surface area contributed by atoms with Gasteiger partial charge in [-0.15, -0.1) is 0 Å². The van der Waals surface area contributed by atoms with Crippen molar-refractivity contribution in [1.29, 1.82) is 0 Å². The Morgan fingerprint density at radius 2 is 1.96 bits per heavy atom. The molecule has 0 saturated carbocycles. The van der Waals surface area contributed by atoms with Gasteiger partial charge in [-0.25, -0.2) is 4.79 Å². The number of hydrogen-bond donors (Lipinski definition) is 2. The second-order valence-corrected chi connectivity index (χ2v) is 6.49. The number of hydrogen-bond acceptors (Lipinski definition) is 4. The first-order chi connectivity index (χ1) is 10.6. The number of benzene rings is 1. The van der Waals surface area contributed by atoms with Crippen LogP contribution in [0.3, 0.4) is 0 Å². The zero-order chi connectivity index (χ0) is 17.8. The van der Waals surface area contributed by atoms with Crippen molar-refractivity contribution in [2.45, 2.75) is 33.2 Å². The van der Waals surface area contributed by atoms with Crippen molar-refractivity contribution in [2.75, 3.05) is 13.7 Å². The van der Waals surface area contributed by atoms with Gasteiger partial charge in [0.1, 0.15) is 5.54 Å². The van der Waals surface area contributed by atoms with E-state index in [1.807, 2.05) is 13.8 Å². The Balaban J connectivity index is 3.08. The second kappa shape index (κ2) is 7.55. The van der Waals surface area contributed by atoms with Crippen molar-refractivity contribution in [3.05, 3.63) is 22.7 Å². The zero-order valence-corrected chi connectivity index (χ0v) is 14.7. The van der Waals surface area contributed by atoms with Crippen LogP contribution >= 0.6 is 11.6 Å². The van der Waals surface area contributed by atoms with Crippen LogP contribution in [0.2, 0.25) is 5.02 Å². The largest absolute Gasteiger partial charge is 0.493 e. The molecule has 23 heavy (non-hydrogen) atoms. The molecule has 0 aliphatic rings. The molecule has 1 aromatic carbocycles. The molecule has 7 heteroatoms. The van der Waals surface area contributed by atoms with Crippen LogP contribution in [0.5, 0.6) is 11.5 Å². The van der Waals surface area contributed by atoms with Gasteiger partial charge in [0.25, 0.3) is 5.91 Å². The van der Waals surface area contributed by atoms with Gasteiger partial charge in [-0.2, -0.15) is 0 Å². The maximum atomic E-state index is 12.2. The van der Waals surface area contributed by atoms with Crippen LogP contribution in [0.4, 0.5) is 0 Å². The normalized spacial score (nSPS) is 11.3. The lowest BCUT2D eigenvalue weighted by Crippen LogP contribution is -2.49. The van der Waals surface area contributed by atoms with Crippen LogP contribution in [0.25, 0.3) is 0 Å². The van der Waals surface area contributed by atoms with Crippen molar-refractivity contribution in [3.8, 4) is 11.5 Å². The van der Waals surface area contributed by atoms with E-state index in [-0.39, 0.29) is 10.6 Å². The third kappa shape index (κ3) is 5.03. The Morgan fingerprint density at radius 1 is 1.35 bits per heavy atom. The summed E-state index contributed by atoms with van der Waals surface area (Å²) in [5.41, 5.74) is -1.21. The predicted octanol–water partition coefficient (Wildman–Crippen LogP) is 2.98. The first-order valence-electron chi connectivity index (χ1n) is 7.14. The van der Waals surface area contributed by atoms with E-state index in [0.29, 0.717) is 24.0 Å². The Bertz CT molecular complexity index is 598. The Hall–Kier alpha value is -1.95. The van der Waals surface area contributed by atoms with Crippen LogP contribution in [-0.2, 0) is 4.79 Å². The molecular formula is C16H22ClNO5. The molecule has 0 spiro atoms. The van der Waals surface area contributed by atoms with E-state index in [0.717, 1.165) is 0 Å². The minimum atomic E-state index is -1.40. The molecule has 6 nitrogen and oxygen atoms in total. The number of amides is 1. The molecule has 0 bridgehead atoms. The quantitative estimate of drug-likeness (QED) is 0.795. The molecule has 0 atom stereocenters. The summed E-state index contributed by atoms with van der Waals surface area (Å²) < 4.78 is 10.8. The van der Waals surface area contributed by atoms with E-state index in [9.17, 15) is 9.59 Å². The van der Waals surface area contributed by atoms with Crippen LogP contribution in [0.1, 0.15) is 38.1 Å². The van der Waals surface area contributed by atoms with Crippen LogP contribution in [0.15, 0.2) is 12.1 Å². The summed E-state index contributed by atoms with van der Waals surface area (Å²) in [6, 6.07) is 2.89. The summed E-state index contributed by atoms with van der Waals surface area (Å²) in [5, 5.41) is 11.7. The van der Waals surface area contributed by atoms with E-state index in [2.05, 4.69) is 5.32 Å². The molecule has 2 N–H and O–H groups in total. The maximum absolute atomic E-state index is 12.2. The zero-order valence-electron chi connectivity index (χ0n) is 13.9. The molecule has 1 aromatic rings. The van der Waals surface area contributed by atoms with E-state index in [4.69, 9.17) is 26.2 Å². The number of methoxy groups -OCH3 is 1. The number of rotatable bonds is 7. The Kier molecular flexibility index (Phi) is 6.27. The van der Waals surface area contributed by atoms with Crippen LogP contribution < -0.4 is 14.8 Å². The first-order valence-corrected chi connectivity index (χ1v) is 7.52. The molecule has 0 fully saturated rings. The molecule has 1 rings (SSSR count). The number of aliphatic carboxylic acids is 1.